The Balaban J connectivity index is 1.85. The molecule has 0 aliphatic carbocycles. The van der Waals surface area contributed by atoms with E-state index in [-0.39, 0.29) is 29.5 Å². The highest BCUT2D eigenvalue weighted by molar-refractivity contribution is 7.17. The first kappa shape index (κ1) is 22.3. The molecule has 0 saturated heterocycles. The molecule has 9 nitrogen and oxygen atoms in total. The van der Waals surface area contributed by atoms with E-state index >= 15 is 0 Å². The van der Waals surface area contributed by atoms with E-state index in [4.69, 9.17) is 22.1 Å². The Kier molecular flexibility index (Phi) is 6.93. The van der Waals surface area contributed by atoms with Gasteiger partial charge in [0.2, 0.25) is 0 Å². The predicted molar refractivity (Wildman–Crippen MR) is 119 cm³/mol. The zero-order valence-electron chi connectivity index (χ0n) is 16.5. The molecule has 0 spiro atoms. The molecule has 0 saturated carbocycles. The maximum atomic E-state index is 12.7. The fourth-order valence-corrected chi connectivity index (χ4v) is 3.86. The molecule has 11 heteroatoms. The number of carbonyl (C=O) groups is 2. The fraction of sp³-hybridized carbons (Fsp3) is 0.200. The molecule has 3 rings (SSSR count). The number of aromatic nitrogens is 2. The molecule has 0 radical (unpaired) electrons. The number of rotatable bonds is 7. The average molecular weight is 463 g/mol. The number of anilines is 2. The van der Waals surface area contributed by atoms with Crippen LogP contribution in [0.3, 0.4) is 0 Å². The third kappa shape index (κ3) is 5.04. The molecule has 0 fully saturated rings. The first-order chi connectivity index (χ1) is 14.8. The van der Waals surface area contributed by atoms with Crippen LogP contribution < -0.4 is 21.9 Å². The molecular weight excluding hydrogens is 444 g/mol. The highest BCUT2D eigenvalue weighted by atomic mass is 35.5. The summed E-state index contributed by atoms with van der Waals surface area (Å²) in [5, 5.41) is 0. The van der Waals surface area contributed by atoms with E-state index in [0.717, 1.165) is 21.8 Å². The van der Waals surface area contributed by atoms with Gasteiger partial charge in [0.1, 0.15) is 10.7 Å². The van der Waals surface area contributed by atoms with Crippen LogP contribution in [-0.4, -0.2) is 34.6 Å². The number of nitrogen functional groups attached to an aromatic ring is 1. The number of aromatic amines is 1. The van der Waals surface area contributed by atoms with E-state index in [1.54, 1.807) is 37.3 Å². The topological polar surface area (TPSA) is 127 Å². The maximum Gasteiger partial charge on any atom is 0.348 e. The van der Waals surface area contributed by atoms with Crippen LogP contribution in [0.25, 0.3) is 0 Å². The van der Waals surface area contributed by atoms with E-state index in [1.165, 1.54) is 10.6 Å². The summed E-state index contributed by atoms with van der Waals surface area (Å²) in [5.74, 6) is -1.54. The number of ether oxygens (including phenoxy) is 1. The number of nitrogens with one attached hydrogen (secondary N) is 1. The zero-order chi connectivity index (χ0) is 22.5. The van der Waals surface area contributed by atoms with E-state index in [0.29, 0.717) is 4.34 Å². The van der Waals surface area contributed by atoms with Gasteiger partial charge in [-0.3, -0.25) is 19.1 Å². The molecule has 2 aromatic heterocycles. The zero-order valence-corrected chi connectivity index (χ0v) is 18.0. The molecule has 0 unspecified atom stereocenters. The van der Waals surface area contributed by atoms with Crippen LogP contribution in [0.2, 0.25) is 4.34 Å². The van der Waals surface area contributed by atoms with Crippen molar-refractivity contribution in [3.8, 4) is 0 Å². The number of carbonyl (C=O) groups excluding carboxylic acids is 2. The second kappa shape index (κ2) is 9.63. The van der Waals surface area contributed by atoms with Gasteiger partial charge in [-0.05, 0) is 24.6 Å². The van der Waals surface area contributed by atoms with Gasteiger partial charge in [0.05, 0.1) is 10.9 Å². The number of thiophene rings is 1. The van der Waals surface area contributed by atoms with Crippen molar-refractivity contribution in [1.29, 1.82) is 0 Å². The summed E-state index contributed by atoms with van der Waals surface area (Å²) < 4.78 is 6.62. The Labute approximate surface area is 185 Å². The summed E-state index contributed by atoms with van der Waals surface area (Å²) in [5.41, 5.74) is 5.23. The Bertz CT molecular complexity index is 1220. The van der Waals surface area contributed by atoms with Crippen molar-refractivity contribution in [2.75, 3.05) is 23.8 Å². The number of benzene rings is 1. The van der Waals surface area contributed by atoms with E-state index in [9.17, 15) is 19.2 Å². The van der Waals surface area contributed by atoms with Crippen molar-refractivity contribution in [2.24, 2.45) is 0 Å². The van der Waals surface area contributed by atoms with Gasteiger partial charge >= 0.3 is 11.7 Å². The van der Waals surface area contributed by atoms with Gasteiger partial charge in [-0.25, -0.2) is 9.59 Å². The van der Waals surface area contributed by atoms with Gasteiger partial charge in [0.15, 0.2) is 12.3 Å². The monoisotopic (exact) mass is 462 g/mol. The van der Waals surface area contributed by atoms with E-state index < -0.39 is 29.7 Å². The molecule has 3 N–H and O–H groups in total. The molecule has 0 aliphatic heterocycles. The van der Waals surface area contributed by atoms with Gasteiger partial charge in [-0.15, -0.1) is 11.3 Å². The van der Waals surface area contributed by atoms with Crippen molar-refractivity contribution in [2.45, 2.75) is 13.5 Å². The lowest BCUT2D eigenvalue weighted by Gasteiger charge is -2.23. The van der Waals surface area contributed by atoms with Crippen LogP contribution >= 0.6 is 22.9 Å². The fourth-order valence-electron chi connectivity index (χ4n) is 2.92. The van der Waals surface area contributed by atoms with Crippen LogP contribution in [-0.2, 0) is 16.1 Å². The highest BCUT2D eigenvalue weighted by Gasteiger charge is 2.24. The minimum atomic E-state index is -0.807. The second-order valence-corrected chi connectivity index (χ2v) is 8.10. The summed E-state index contributed by atoms with van der Waals surface area (Å²) in [6, 6.07) is 12.1. The van der Waals surface area contributed by atoms with Crippen LogP contribution in [0, 0.1) is 0 Å². The maximum absolute atomic E-state index is 12.7. The van der Waals surface area contributed by atoms with Crippen LogP contribution in [0.4, 0.5) is 11.5 Å². The molecule has 3 aromatic rings. The van der Waals surface area contributed by atoms with Gasteiger partial charge in [-0.2, -0.15) is 0 Å². The SMILES string of the molecule is CCN(C(=O)COC(=O)c1ccc(Cl)s1)c1c(N)n(Cc2ccccc2)c(=O)[nH]c1=O. The number of esters is 1. The van der Waals surface area contributed by atoms with Gasteiger partial charge in [-0.1, -0.05) is 41.9 Å². The molecule has 0 atom stereocenters. The minimum absolute atomic E-state index is 0.0675. The highest BCUT2D eigenvalue weighted by Crippen LogP contribution is 2.22. The second-order valence-electron chi connectivity index (χ2n) is 6.38. The summed E-state index contributed by atoms with van der Waals surface area (Å²) in [4.78, 5) is 53.1. The first-order valence-corrected chi connectivity index (χ1v) is 10.4. The smallest absolute Gasteiger partial charge is 0.348 e. The molecule has 0 aliphatic rings. The summed E-state index contributed by atoms with van der Waals surface area (Å²) in [6.07, 6.45) is 0. The molecule has 1 aromatic carbocycles. The number of hydrogen-bond donors (Lipinski definition) is 2. The number of nitrogens with two attached hydrogens (primary N) is 1. The van der Waals surface area contributed by atoms with Gasteiger partial charge in [0, 0.05) is 6.54 Å². The van der Waals surface area contributed by atoms with Crippen molar-refractivity contribution >= 4 is 46.3 Å². The lowest BCUT2D eigenvalue weighted by molar-refractivity contribution is -0.121. The molecule has 162 valence electrons. The third-order valence-electron chi connectivity index (χ3n) is 4.39. The Morgan fingerprint density at radius 2 is 1.90 bits per heavy atom. The normalized spacial score (nSPS) is 10.6. The number of hydrogen-bond acceptors (Lipinski definition) is 7. The van der Waals surface area contributed by atoms with Gasteiger partial charge in [0.25, 0.3) is 11.5 Å². The van der Waals surface area contributed by atoms with Crippen molar-refractivity contribution in [3.05, 3.63) is 78.1 Å². The summed E-state index contributed by atoms with van der Waals surface area (Å²) in [6.45, 7) is 1.19. The van der Waals surface area contributed by atoms with Crippen molar-refractivity contribution in [1.82, 2.24) is 9.55 Å². The molecule has 1 amide bonds. The number of amides is 1. The van der Waals surface area contributed by atoms with E-state index in [2.05, 4.69) is 4.98 Å². The van der Waals surface area contributed by atoms with Gasteiger partial charge < -0.3 is 15.4 Å². The lowest BCUT2D eigenvalue weighted by atomic mass is 10.2. The Hall–Kier alpha value is -3.37. The Morgan fingerprint density at radius 3 is 2.52 bits per heavy atom. The number of halogens is 1. The first-order valence-electron chi connectivity index (χ1n) is 9.21. The van der Waals surface area contributed by atoms with Crippen molar-refractivity contribution in [3.63, 3.8) is 0 Å². The number of nitrogens with zero attached hydrogens (tertiary/aromatic N) is 2. The minimum Gasteiger partial charge on any atom is -0.451 e. The summed E-state index contributed by atoms with van der Waals surface area (Å²) >= 11 is 6.82. The van der Waals surface area contributed by atoms with Crippen LogP contribution in [0.5, 0.6) is 0 Å². The average Bonchev–Trinajstić information content (AvgIpc) is 3.19. The molecule has 0 bridgehead atoms. The molecule has 31 heavy (non-hydrogen) atoms. The standard InChI is InChI=1S/C20H19ClN4O5S/c1-2-24(15(26)11-30-19(28)13-8-9-14(21)31-13)16-17(22)25(20(29)23-18(16)27)10-12-6-4-3-5-7-12/h3-9H,2,10-11,22H2,1H3,(H,23,27,29). The van der Waals surface area contributed by atoms with E-state index in [1.807, 2.05) is 6.07 Å². The van der Waals surface area contributed by atoms with Crippen LogP contribution in [0.1, 0.15) is 22.2 Å². The predicted octanol–water partition coefficient (Wildman–Crippen LogP) is 2.09. The molecular formula is C20H19ClN4O5S. The third-order valence-corrected chi connectivity index (χ3v) is 5.60. The van der Waals surface area contributed by atoms with Crippen molar-refractivity contribution < 1.29 is 14.3 Å². The largest absolute Gasteiger partial charge is 0.451 e. The molecule has 2 heterocycles. The van der Waals surface area contributed by atoms with Crippen LogP contribution in [0.15, 0.2) is 52.1 Å². The summed E-state index contributed by atoms with van der Waals surface area (Å²) in [7, 11) is 0. The number of H-pyrrole nitrogens is 1. The number of likely N-dealkylation sites (N-methyl/N-ethyl adjacent to an activating group) is 1. The quantitative estimate of drug-likeness (QED) is 0.517. The lowest BCUT2D eigenvalue weighted by Crippen LogP contribution is -2.42. The Morgan fingerprint density at radius 1 is 1.19 bits per heavy atom.